The van der Waals surface area contributed by atoms with Crippen LogP contribution in [0.4, 0.5) is 0 Å². The Hall–Kier alpha value is -2.41. The number of aromatic nitrogens is 2. The Morgan fingerprint density at radius 2 is 1.96 bits per heavy atom. The molecule has 0 aliphatic carbocycles. The summed E-state index contributed by atoms with van der Waals surface area (Å²) in [5, 5.41) is 0.314. The van der Waals surface area contributed by atoms with Gasteiger partial charge in [-0.25, -0.2) is 4.98 Å². The number of rotatable bonds is 8. The number of H-pyrrole nitrogens is 1. The Kier molecular flexibility index (Phi) is 7.15. The van der Waals surface area contributed by atoms with Crippen molar-refractivity contribution in [1.82, 2.24) is 9.97 Å². The SMILES string of the molecule is CCc1ccc(CC)c(C(=O)CSc2nc(CC(=O)OC)cc(=O)[nH]2)c1. The maximum Gasteiger partial charge on any atom is 0.311 e. The Morgan fingerprint density at radius 1 is 1.19 bits per heavy atom. The van der Waals surface area contributed by atoms with Crippen LogP contribution in [0.15, 0.2) is 34.2 Å². The highest BCUT2D eigenvalue weighted by Crippen LogP contribution is 2.19. The molecule has 2 aromatic rings. The molecule has 138 valence electrons. The minimum absolute atomic E-state index is 0.0110. The molecule has 0 aliphatic heterocycles. The molecule has 0 atom stereocenters. The maximum absolute atomic E-state index is 12.6. The Bertz CT molecular complexity index is 861. The lowest BCUT2D eigenvalue weighted by Crippen LogP contribution is -2.15. The topological polar surface area (TPSA) is 89.1 Å². The van der Waals surface area contributed by atoms with Crippen LogP contribution in [0.3, 0.4) is 0 Å². The molecular formula is C19H22N2O4S. The molecule has 2 rings (SSSR count). The summed E-state index contributed by atoms with van der Waals surface area (Å²) in [6, 6.07) is 7.22. The Balaban J connectivity index is 2.14. The normalized spacial score (nSPS) is 10.6. The van der Waals surface area contributed by atoms with Gasteiger partial charge in [-0.2, -0.15) is 0 Å². The van der Waals surface area contributed by atoms with Gasteiger partial charge in [-0.15, -0.1) is 0 Å². The molecule has 1 aromatic carbocycles. The zero-order chi connectivity index (χ0) is 19.1. The predicted molar refractivity (Wildman–Crippen MR) is 101 cm³/mol. The first-order chi connectivity index (χ1) is 12.5. The molecule has 0 saturated carbocycles. The molecule has 0 aliphatic rings. The molecule has 0 saturated heterocycles. The number of esters is 1. The number of aryl methyl sites for hydroxylation is 2. The van der Waals surface area contributed by atoms with E-state index in [1.165, 1.54) is 13.2 Å². The standard InChI is InChI=1S/C19H22N2O4S/c1-4-12-6-7-13(5-2)15(8-12)16(22)11-26-19-20-14(9-17(23)21-19)10-18(24)25-3/h6-9H,4-5,10-11H2,1-3H3,(H,20,21,23). The fourth-order valence-electron chi connectivity index (χ4n) is 2.49. The van der Waals surface area contributed by atoms with Gasteiger partial charge in [0.1, 0.15) is 0 Å². The van der Waals surface area contributed by atoms with E-state index in [1.807, 2.05) is 32.0 Å². The highest BCUT2D eigenvalue weighted by atomic mass is 32.2. The molecule has 1 N–H and O–H groups in total. The number of aromatic amines is 1. The lowest BCUT2D eigenvalue weighted by atomic mass is 9.98. The average molecular weight is 374 g/mol. The summed E-state index contributed by atoms with van der Waals surface area (Å²) in [6.45, 7) is 4.06. The van der Waals surface area contributed by atoms with Gasteiger partial charge in [-0.05, 0) is 30.0 Å². The van der Waals surface area contributed by atoms with Gasteiger partial charge in [0.2, 0.25) is 0 Å². The van der Waals surface area contributed by atoms with Gasteiger partial charge in [-0.1, -0.05) is 37.7 Å². The van der Waals surface area contributed by atoms with E-state index < -0.39 is 5.97 Å². The zero-order valence-electron chi connectivity index (χ0n) is 15.1. The highest BCUT2D eigenvalue weighted by molar-refractivity contribution is 7.99. The summed E-state index contributed by atoms with van der Waals surface area (Å²) < 4.78 is 4.59. The highest BCUT2D eigenvalue weighted by Gasteiger charge is 2.14. The van der Waals surface area contributed by atoms with E-state index in [1.54, 1.807) is 0 Å². The van der Waals surface area contributed by atoms with Crippen molar-refractivity contribution in [3.8, 4) is 0 Å². The average Bonchev–Trinajstić information content (AvgIpc) is 2.64. The van der Waals surface area contributed by atoms with E-state index in [-0.39, 0.29) is 23.5 Å². The van der Waals surface area contributed by atoms with Crippen LogP contribution >= 0.6 is 11.8 Å². The minimum atomic E-state index is -0.473. The molecule has 26 heavy (non-hydrogen) atoms. The predicted octanol–water partition coefficient (Wildman–Crippen LogP) is 2.59. The molecule has 0 unspecified atom stereocenters. The largest absolute Gasteiger partial charge is 0.469 e. The molecule has 0 spiro atoms. The van der Waals surface area contributed by atoms with E-state index in [0.717, 1.165) is 35.7 Å². The molecule has 0 bridgehead atoms. The second-order valence-electron chi connectivity index (χ2n) is 5.71. The van der Waals surface area contributed by atoms with Crippen molar-refractivity contribution in [2.24, 2.45) is 0 Å². The number of carbonyl (C=O) groups is 2. The van der Waals surface area contributed by atoms with Gasteiger partial charge in [0.05, 0.1) is 25.0 Å². The lowest BCUT2D eigenvalue weighted by Gasteiger charge is -2.09. The fourth-order valence-corrected chi connectivity index (χ4v) is 3.26. The van der Waals surface area contributed by atoms with Crippen LogP contribution in [0, 0.1) is 0 Å². The number of methoxy groups -OCH3 is 1. The van der Waals surface area contributed by atoms with Crippen LogP contribution in [0.1, 0.15) is 41.0 Å². The van der Waals surface area contributed by atoms with Gasteiger partial charge in [0.15, 0.2) is 10.9 Å². The van der Waals surface area contributed by atoms with Crippen molar-refractivity contribution >= 4 is 23.5 Å². The maximum atomic E-state index is 12.6. The molecule has 1 heterocycles. The van der Waals surface area contributed by atoms with Crippen molar-refractivity contribution in [3.63, 3.8) is 0 Å². The van der Waals surface area contributed by atoms with Gasteiger partial charge >= 0.3 is 5.97 Å². The lowest BCUT2D eigenvalue weighted by molar-refractivity contribution is -0.139. The zero-order valence-corrected chi connectivity index (χ0v) is 15.9. The van der Waals surface area contributed by atoms with Crippen molar-refractivity contribution in [1.29, 1.82) is 0 Å². The van der Waals surface area contributed by atoms with E-state index in [2.05, 4.69) is 14.7 Å². The molecular weight excluding hydrogens is 352 g/mol. The quantitative estimate of drug-likeness (QED) is 0.331. The second kappa shape index (κ2) is 9.33. The van der Waals surface area contributed by atoms with Crippen LogP contribution in [-0.4, -0.2) is 34.6 Å². The molecule has 0 fully saturated rings. The van der Waals surface area contributed by atoms with Crippen molar-refractivity contribution in [2.75, 3.05) is 12.9 Å². The first kappa shape index (κ1) is 19.9. The van der Waals surface area contributed by atoms with E-state index in [0.29, 0.717) is 16.4 Å². The number of thioether (sulfide) groups is 1. The first-order valence-corrected chi connectivity index (χ1v) is 9.40. The van der Waals surface area contributed by atoms with Gasteiger partial charge < -0.3 is 9.72 Å². The number of Topliss-reactive ketones (excluding diaryl/α,β-unsaturated/α-hetero) is 1. The molecule has 1 aromatic heterocycles. The molecule has 6 nitrogen and oxygen atoms in total. The smallest absolute Gasteiger partial charge is 0.311 e. The van der Waals surface area contributed by atoms with Crippen LogP contribution in [0.2, 0.25) is 0 Å². The number of hydrogen-bond donors (Lipinski definition) is 1. The van der Waals surface area contributed by atoms with Crippen LogP contribution < -0.4 is 5.56 Å². The van der Waals surface area contributed by atoms with Crippen molar-refractivity contribution < 1.29 is 14.3 Å². The summed E-state index contributed by atoms with van der Waals surface area (Å²) in [4.78, 5) is 42.5. The van der Waals surface area contributed by atoms with E-state index in [4.69, 9.17) is 0 Å². The number of carbonyl (C=O) groups excluding carboxylic acids is 2. The van der Waals surface area contributed by atoms with E-state index in [9.17, 15) is 14.4 Å². The number of benzene rings is 1. The number of hydrogen-bond acceptors (Lipinski definition) is 6. The number of ketones is 1. The number of nitrogens with zero attached hydrogens (tertiary/aromatic N) is 1. The summed E-state index contributed by atoms with van der Waals surface area (Å²) >= 11 is 1.15. The summed E-state index contributed by atoms with van der Waals surface area (Å²) in [6.07, 6.45) is 1.56. The summed E-state index contributed by atoms with van der Waals surface area (Å²) in [5.74, 6) is -0.326. The Labute approximate surface area is 156 Å². The van der Waals surface area contributed by atoms with Gasteiger partial charge in [-0.3, -0.25) is 14.4 Å². The second-order valence-corrected chi connectivity index (χ2v) is 6.67. The van der Waals surface area contributed by atoms with Crippen molar-refractivity contribution in [3.05, 3.63) is 57.0 Å². The van der Waals surface area contributed by atoms with Gasteiger partial charge in [0, 0.05) is 11.6 Å². The fraction of sp³-hybridized carbons (Fsp3) is 0.368. The van der Waals surface area contributed by atoms with Crippen molar-refractivity contribution in [2.45, 2.75) is 38.3 Å². The van der Waals surface area contributed by atoms with Crippen LogP contribution in [-0.2, 0) is 28.8 Å². The van der Waals surface area contributed by atoms with Gasteiger partial charge in [0.25, 0.3) is 5.56 Å². The minimum Gasteiger partial charge on any atom is -0.469 e. The third kappa shape index (κ3) is 5.29. The van der Waals surface area contributed by atoms with Crippen LogP contribution in [0.5, 0.6) is 0 Å². The first-order valence-electron chi connectivity index (χ1n) is 8.41. The summed E-state index contributed by atoms with van der Waals surface area (Å²) in [5.41, 5.74) is 2.79. The third-order valence-corrected chi connectivity index (χ3v) is 4.80. The third-order valence-electron chi connectivity index (χ3n) is 3.93. The van der Waals surface area contributed by atoms with E-state index >= 15 is 0 Å². The number of ether oxygens (including phenoxy) is 1. The Morgan fingerprint density at radius 3 is 2.62 bits per heavy atom. The molecule has 0 radical (unpaired) electrons. The molecule has 7 heteroatoms. The molecule has 0 amide bonds. The number of nitrogens with one attached hydrogen (secondary N) is 1. The monoisotopic (exact) mass is 374 g/mol. The van der Waals surface area contributed by atoms with Crippen LogP contribution in [0.25, 0.3) is 0 Å². The summed E-state index contributed by atoms with van der Waals surface area (Å²) in [7, 11) is 1.28.